The first-order chi connectivity index (χ1) is 8.36. The van der Waals surface area contributed by atoms with E-state index in [2.05, 4.69) is 22.3 Å². The van der Waals surface area contributed by atoms with E-state index in [1.54, 1.807) is 0 Å². The zero-order valence-corrected chi connectivity index (χ0v) is 11.0. The van der Waals surface area contributed by atoms with Gasteiger partial charge in [0.05, 0.1) is 5.38 Å². The van der Waals surface area contributed by atoms with Crippen LogP contribution < -0.4 is 5.32 Å². The van der Waals surface area contributed by atoms with Crippen LogP contribution in [0.25, 0.3) is 0 Å². The van der Waals surface area contributed by atoms with Crippen LogP contribution in [0.1, 0.15) is 23.8 Å². The molecule has 0 amide bonds. The van der Waals surface area contributed by atoms with E-state index >= 15 is 0 Å². The summed E-state index contributed by atoms with van der Waals surface area (Å²) in [7, 11) is 0. The van der Waals surface area contributed by atoms with Gasteiger partial charge in [-0.25, -0.2) is 0 Å². The minimum Gasteiger partial charge on any atom is -0.314 e. The Morgan fingerprint density at radius 3 is 2.59 bits per heavy atom. The maximum Gasteiger partial charge on any atom is 0.0709 e. The molecule has 2 rings (SSSR count). The molecule has 2 nitrogen and oxygen atoms in total. The van der Waals surface area contributed by atoms with Crippen molar-refractivity contribution in [3.05, 3.63) is 35.9 Å². The summed E-state index contributed by atoms with van der Waals surface area (Å²) in [5.41, 5.74) is 1.20. The van der Waals surface area contributed by atoms with Crippen molar-refractivity contribution in [1.82, 2.24) is 10.2 Å². The smallest absolute Gasteiger partial charge is 0.0709 e. The molecule has 1 saturated heterocycles. The molecule has 0 saturated carbocycles. The van der Waals surface area contributed by atoms with Gasteiger partial charge in [-0.2, -0.15) is 0 Å². The van der Waals surface area contributed by atoms with Crippen molar-refractivity contribution >= 4 is 11.6 Å². The second-order valence-electron chi connectivity index (χ2n) is 4.63. The Hall–Kier alpha value is -0.570. The van der Waals surface area contributed by atoms with Crippen molar-refractivity contribution in [2.24, 2.45) is 0 Å². The van der Waals surface area contributed by atoms with Crippen molar-refractivity contribution in [3.63, 3.8) is 0 Å². The summed E-state index contributed by atoms with van der Waals surface area (Å²) in [6, 6.07) is 10.3. The molecule has 0 spiro atoms. The molecule has 1 aliphatic rings. The fraction of sp³-hybridized carbons (Fsp3) is 0.571. The van der Waals surface area contributed by atoms with Crippen molar-refractivity contribution in [2.75, 3.05) is 32.7 Å². The Morgan fingerprint density at radius 1 is 1.18 bits per heavy atom. The lowest BCUT2D eigenvalue weighted by atomic mass is 10.1. The van der Waals surface area contributed by atoms with Gasteiger partial charge in [-0.1, -0.05) is 30.3 Å². The molecule has 0 radical (unpaired) electrons. The van der Waals surface area contributed by atoms with Gasteiger partial charge in [-0.15, -0.1) is 11.6 Å². The first-order valence-electron chi connectivity index (χ1n) is 6.48. The summed E-state index contributed by atoms with van der Waals surface area (Å²) in [5, 5.41) is 3.52. The predicted molar refractivity (Wildman–Crippen MR) is 73.6 cm³/mol. The number of hydrogen-bond acceptors (Lipinski definition) is 2. The molecule has 1 heterocycles. The van der Waals surface area contributed by atoms with Crippen molar-refractivity contribution in [1.29, 1.82) is 0 Å². The summed E-state index contributed by atoms with van der Waals surface area (Å²) >= 11 is 6.33. The molecule has 17 heavy (non-hydrogen) atoms. The lowest BCUT2D eigenvalue weighted by Gasteiger charge is -2.16. The first kappa shape index (κ1) is 12.9. The molecule has 1 aliphatic heterocycles. The monoisotopic (exact) mass is 252 g/mol. The van der Waals surface area contributed by atoms with E-state index in [1.807, 2.05) is 18.2 Å². The summed E-state index contributed by atoms with van der Waals surface area (Å²) in [5.74, 6) is 0. The van der Waals surface area contributed by atoms with Crippen LogP contribution in [0.2, 0.25) is 0 Å². The highest BCUT2D eigenvalue weighted by molar-refractivity contribution is 6.21. The molecule has 0 bridgehead atoms. The summed E-state index contributed by atoms with van der Waals surface area (Å²) in [6.45, 7) is 5.57. The fourth-order valence-electron chi connectivity index (χ4n) is 2.25. The van der Waals surface area contributed by atoms with Gasteiger partial charge < -0.3 is 10.2 Å². The van der Waals surface area contributed by atoms with E-state index in [-0.39, 0.29) is 5.38 Å². The number of nitrogens with one attached hydrogen (secondary N) is 1. The van der Waals surface area contributed by atoms with Crippen LogP contribution in [0.3, 0.4) is 0 Å². The lowest BCUT2D eigenvalue weighted by molar-refractivity contribution is 0.336. The Morgan fingerprint density at radius 2 is 1.88 bits per heavy atom. The number of halogens is 1. The normalized spacial score (nSPS) is 18.4. The largest absolute Gasteiger partial charge is 0.314 e. The zero-order valence-electron chi connectivity index (χ0n) is 10.2. The maximum absolute atomic E-state index is 6.33. The van der Waals surface area contributed by atoms with E-state index in [0.717, 1.165) is 19.6 Å². The minimum absolute atomic E-state index is 0.0785. The van der Waals surface area contributed by atoms with Gasteiger partial charge in [-0.3, -0.25) is 0 Å². The predicted octanol–water partition coefficient (Wildman–Crippen LogP) is 2.65. The molecule has 1 aromatic carbocycles. The van der Waals surface area contributed by atoms with E-state index in [1.165, 1.54) is 31.5 Å². The van der Waals surface area contributed by atoms with Crippen LogP contribution in [0.5, 0.6) is 0 Å². The molecule has 1 N–H and O–H groups in total. The highest BCUT2D eigenvalue weighted by Gasteiger charge is 2.11. The number of likely N-dealkylation sites (tertiary alicyclic amines) is 1. The molecule has 1 fully saturated rings. The maximum atomic E-state index is 6.33. The summed E-state index contributed by atoms with van der Waals surface area (Å²) in [4.78, 5) is 2.51. The van der Waals surface area contributed by atoms with Gasteiger partial charge in [0.1, 0.15) is 0 Å². The fourth-order valence-corrected chi connectivity index (χ4v) is 2.51. The topological polar surface area (TPSA) is 15.3 Å². The quantitative estimate of drug-likeness (QED) is 0.619. The highest BCUT2D eigenvalue weighted by Crippen LogP contribution is 2.18. The molecule has 0 aliphatic carbocycles. The second kappa shape index (κ2) is 7.00. The zero-order chi connectivity index (χ0) is 11.9. The van der Waals surface area contributed by atoms with Crippen LogP contribution in [0.4, 0.5) is 0 Å². The van der Waals surface area contributed by atoms with Crippen LogP contribution in [-0.4, -0.2) is 37.6 Å². The Bertz CT molecular complexity index is 309. The molecule has 94 valence electrons. The number of hydrogen-bond donors (Lipinski definition) is 1. The number of nitrogens with zero attached hydrogens (tertiary/aromatic N) is 1. The Kier molecular flexibility index (Phi) is 5.30. The first-order valence-corrected chi connectivity index (χ1v) is 6.92. The highest BCUT2D eigenvalue weighted by atomic mass is 35.5. The van der Waals surface area contributed by atoms with Gasteiger partial charge in [-0.05, 0) is 31.5 Å². The van der Waals surface area contributed by atoms with Crippen LogP contribution in [0.15, 0.2) is 30.3 Å². The van der Waals surface area contributed by atoms with E-state index in [4.69, 9.17) is 11.6 Å². The number of benzene rings is 1. The third-order valence-electron chi connectivity index (χ3n) is 3.29. The molecule has 1 atom stereocenters. The third-order valence-corrected chi connectivity index (χ3v) is 3.69. The number of alkyl halides is 1. The van der Waals surface area contributed by atoms with E-state index < -0.39 is 0 Å². The molecule has 1 unspecified atom stereocenters. The average Bonchev–Trinajstić information content (AvgIpc) is 2.88. The van der Waals surface area contributed by atoms with Crippen LogP contribution >= 0.6 is 11.6 Å². The lowest BCUT2D eigenvalue weighted by Crippen LogP contribution is -2.31. The van der Waals surface area contributed by atoms with Gasteiger partial charge >= 0.3 is 0 Å². The Balaban J connectivity index is 1.61. The average molecular weight is 253 g/mol. The van der Waals surface area contributed by atoms with Crippen LogP contribution in [0, 0.1) is 0 Å². The molecular formula is C14H21ClN2. The molecule has 1 aromatic rings. The van der Waals surface area contributed by atoms with E-state index in [0.29, 0.717) is 0 Å². The number of rotatable bonds is 6. The van der Waals surface area contributed by atoms with Gasteiger partial charge in [0, 0.05) is 19.6 Å². The van der Waals surface area contributed by atoms with Gasteiger partial charge in [0.15, 0.2) is 0 Å². The van der Waals surface area contributed by atoms with E-state index in [9.17, 15) is 0 Å². The third kappa shape index (κ3) is 4.30. The SMILES string of the molecule is ClC(CNCCN1CCCC1)c1ccccc1. The summed E-state index contributed by atoms with van der Waals surface area (Å²) in [6.07, 6.45) is 2.73. The molecule has 3 heteroatoms. The van der Waals surface area contributed by atoms with Crippen molar-refractivity contribution in [3.8, 4) is 0 Å². The molecule has 0 aromatic heterocycles. The van der Waals surface area contributed by atoms with Crippen molar-refractivity contribution < 1.29 is 0 Å². The minimum atomic E-state index is 0.0785. The Labute approximate surface area is 109 Å². The van der Waals surface area contributed by atoms with Crippen molar-refractivity contribution in [2.45, 2.75) is 18.2 Å². The van der Waals surface area contributed by atoms with Gasteiger partial charge in [0.25, 0.3) is 0 Å². The summed E-state index contributed by atoms with van der Waals surface area (Å²) < 4.78 is 0. The second-order valence-corrected chi connectivity index (χ2v) is 5.16. The van der Waals surface area contributed by atoms with Crippen LogP contribution in [-0.2, 0) is 0 Å². The molecular weight excluding hydrogens is 232 g/mol. The van der Waals surface area contributed by atoms with Gasteiger partial charge in [0.2, 0.25) is 0 Å². The standard InChI is InChI=1S/C14H21ClN2/c15-14(13-6-2-1-3-7-13)12-16-8-11-17-9-4-5-10-17/h1-3,6-7,14,16H,4-5,8-12H2.